The van der Waals surface area contributed by atoms with Gasteiger partial charge in [-0.2, -0.15) is 0 Å². The third kappa shape index (κ3) is 3.23. The predicted molar refractivity (Wildman–Crippen MR) is 127 cm³/mol. The number of hydrogen-bond donors (Lipinski definition) is 0. The van der Waals surface area contributed by atoms with Crippen LogP contribution in [0, 0.1) is 28.6 Å². The SMILES string of the molecule is CC(=O)OC1CCC2(C)C(=CCC3C2CCC2(C)C(C(C)=O)=C(c4ccccc4)CC32)C1. The van der Waals surface area contributed by atoms with Crippen LogP contribution in [0.4, 0.5) is 0 Å². The van der Waals surface area contributed by atoms with E-state index in [9.17, 15) is 9.59 Å². The fourth-order valence-electron chi connectivity index (χ4n) is 8.15. The van der Waals surface area contributed by atoms with Crippen molar-refractivity contribution in [2.24, 2.45) is 28.6 Å². The number of carbonyl (C=O) groups excluding carboxylic acids is 2. The summed E-state index contributed by atoms with van der Waals surface area (Å²) in [7, 11) is 0. The second-order valence-electron chi connectivity index (χ2n) is 11.2. The van der Waals surface area contributed by atoms with E-state index in [-0.39, 0.29) is 28.7 Å². The van der Waals surface area contributed by atoms with Gasteiger partial charge in [0.1, 0.15) is 6.10 Å². The lowest BCUT2D eigenvalue weighted by Gasteiger charge is -2.57. The number of hydrogen-bond acceptors (Lipinski definition) is 3. The highest BCUT2D eigenvalue weighted by Crippen LogP contribution is 2.67. The maximum Gasteiger partial charge on any atom is 0.302 e. The van der Waals surface area contributed by atoms with Crippen LogP contribution in [-0.2, 0) is 14.3 Å². The van der Waals surface area contributed by atoms with Gasteiger partial charge >= 0.3 is 5.97 Å². The van der Waals surface area contributed by atoms with Gasteiger partial charge in [0.15, 0.2) is 5.78 Å². The molecule has 0 aliphatic heterocycles. The summed E-state index contributed by atoms with van der Waals surface area (Å²) >= 11 is 0. The van der Waals surface area contributed by atoms with Crippen molar-refractivity contribution >= 4 is 17.3 Å². The third-order valence-corrected chi connectivity index (χ3v) is 9.55. The first kappa shape index (κ1) is 21.7. The average molecular weight is 433 g/mol. The molecule has 3 nitrogen and oxygen atoms in total. The van der Waals surface area contributed by atoms with E-state index in [1.165, 1.54) is 30.1 Å². The van der Waals surface area contributed by atoms with Crippen molar-refractivity contribution in [3.63, 3.8) is 0 Å². The Labute approximate surface area is 192 Å². The molecule has 32 heavy (non-hydrogen) atoms. The van der Waals surface area contributed by atoms with E-state index in [2.05, 4.69) is 50.3 Å². The highest BCUT2D eigenvalue weighted by atomic mass is 16.5. The summed E-state index contributed by atoms with van der Waals surface area (Å²) in [5.74, 6) is 1.89. The lowest BCUT2D eigenvalue weighted by atomic mass is 9.47. The molecule has 4 aliphatic rings. The van der Waals surface area contributed by atoms with Crippen molar-refractivity contribution in [2.45, 2.75) is 78.7 Å². The zero-order chi connectivity index (χ0) is 22.7. The van der Waals surface area contributed by atoms with Crippen LogP contribution in [0.5, 0.6) is 0 Å². The van der Waals surface area contributed by atoms with E-state index in [1.54, 1.807) is 6.92 Å². The van der Waals surface area contributed by atoms with Crippen LogP contribution in [0.25, 0.3) is 5.57 Å². The standard InChI is InChI=1S/C29H36O3/c1-18(30)27-24(20-8-6-5-7-9-20)17-26-23-11-10-21-16-22(32-19(2)31)12-14-28(21,3)25(23)13-15-29(26,27)4/h5-10,22-23,25-26H,11-17H2,1-4H3. The highest BCUT2D eigenvalue weighted by molar-refractivity contribution is 6.03. The van der Waals surface area contributed by atoms with Crippen molar-refractivity contribution in [1.82, 2.24) is 0 Å². The Balaban J connectivity index is 1.48. The van der Waals surface area contributed by atoms with Gasteiger partial charge in [0.25, 0.3) is 0 Å². The molecule has 0 spiro atoms. The summed E-state index contributed by atoms with van der Waals surface area (Å²) in [6.45, 7) is 8.13. The molecule has 170 valence electrons. The number of Topliss-reactive ketones (excluding diaryl/α,β-unsaturated/α-hetero) is 1. The van der Waals surface area contributed by atoms with Crippen LogP contribution in [0.1, 0.15) is 78.2 Å². The Kier molecular flexibility index (Phi) is 5.22. The van der Waals surface area contributed by atoms with Gasteiger partial charge in [-0.1, -0.05) is 55.8 Å². The number of fused-ring (bicyclic) bond motifs is 5. The Morgan fingerprint density at radius 2 is 1.66 bits per heavy atom. The normalized spacial score (nSPS) is 38.3. The van der Waals surface area contributed by atoms with E-state index in [0.717, 1.165) is 44.1 Å². The average Bonchev–Trinajstić information content (AvgIpc) is 3.08. The minimum Gasteiger partial charge on any atom is -0.462 e. The maximum atomic E-state index is 13.0. The Hall–Kier alpha value is -2.16. The number of carbonyl (C=O) groups is 2. The number of benzene rings is 1. The highest BCUT2D eigenvalue weighted by Gasteiger charge is 2.58. The molecular formula is C29H36O3. The molecule has 6 unspecified atom stereocenters. The fraction of sp³-hybridized carbons (Fsp3) is 0.586. The summed E-state index contributed by atoms with van der Waals surface area (Å²) in [6.07, 6.45) is 9.87. The van der Waals surface area contributed by atoms with E-state index in [4.69, 9.17) is 4.74 Å². The smallest absolute Gasteiger partial charge is 0.302 e. The molecule has 6 atom stereocenters. The zero-order valence-electron chi connectivity index (χ0n) is 19.9. The minimum absolute atomic E-state index is 0.0190. The van der Waals surface area contributed by atoms with Gasteiger partial charge in [0.2, 0.25) is 0 Å². The van der Waals surface area contributed by atoms with Crippen molar-refractivity contribution in [1.29, 1.82) is 0 Å². The topological polar surface area (TPSA) is 43.4 Å². The number of rotatable bonds is 3. The Morgan fingerprint density at radius 1 is 0.938 bits per heavy atom. The molecule has 5 rings (SSSR count). The van der Waals surface area contributed by atoms with Crippen LogP contribution < -0.4 is 0 Å². The molecule has 0 saturated heterocycles. The summed E-state index contributed by atoms with van der Waals surface area (Å²) in [5, 5.41) is 0. The van der Waals surface area contributed by atoms with E-state index >= 15 is 0 Å². The third-order valence-electron chi connectivity index (χ3n) is 9.55. The first-order valence-electron chi connectivity index (χ1n) is 12.4. The Bertz CT molecular complexity index is 1000. The van der Waals surface area contributed by atoms with Crippen LogP contribution in [0.3, 0.4) is 0 Å². The molecule has 1 aromatic carbocycles. The molecule has 2 fully saturated rings. The van der Waals surface area contributed by atoms with Crippen molar-refractivity contribution < 1.29 is 14.3 Å². The molecule has 2 saturated carbocycles. The number of esters is 1. The fourth-order valence-corrected chi connectivity index (χ4v) is 8.15. The van der Waals surface area contributed by atoms with E-state index < -0.39 is 0 Å². The van der Waals surface area contributed by atoms with Crippen LogP contribution in [-0.4, -0.2) is 17.9 Å². The second-order valence-corrected chi connectivity index (χ2v) is 11.2. The molecule has 0 radical (unpaired) electrons. The van der Waals surface area contributed by atoms with Gasteiger partial charge < -0.3 is 4.74 Å². The van der Waals surface area contributed by atoms with Gasteiger partial charge in [-0.25, -0.2) is 0 Å². The molecule has 4 aliphatic carbocycles. The number of ether oxygens (including phenoxy) is 1. The van der Waals surface area contributed by atoms with Crippen molar-refractivity contribution in [3.8, 4) is 0 Å². The molecule has 1 aromatic rings. The Morgan fingerprint density at radius 3 is 2.34 bits per heavy atom. The van der Waals surface area contributed by atoms with Gasteiger partial charge in [-0.05, 0) is 85.2 Å². The number of allylic oxidation sites excluding steroid dienone is 3. The van der Waals surface area contributed by atoms with Gasteiger partial charge in [0, 0.05) is 18.9 Å². The van der Waals surface area contributed by atoms with Gasteiger partial charge in [0.05, 0.1) is 0 Å². The van der Waals surface area contributed by atoms with Gasteiger partial charge in [-0.15, -0.1) is 0 Å². The summed E-state index contributed by atoms with van der Waals surface area (Å²) in [4.78, 5) is 24.5. The molecule has 0 aromatic heterocycles. The lowest BCUT2D eigenvalue weighted by Crippen LogP contribution is -2.50. The van der Waals surface area contributed by atoms with E-state index in [0.29, 0.717) is 17.8 Å². The molecule has 3 heteroatoms. The second kappa shape index (κ2) is 7.71. The molecule has 0 amide bonds. The van der Waals surface area contributed by atoms with Crippen molar-refractivity contribution in [3.05, 3.63) is 53.1 Å². The largest absolute Gasteiger partial charge is 0.462 e. The summed E-state index contributed by atoms with van der Waals surface area (Å²) in [5.41, 5.74) is 5.32. The lowest BCUT2D eigenvalue weighted by molar-refractivity contribution is -0.148. The first-order valence-corrected chi connectivity index (χ1v) is 12.4. The molecule has 0 heterocycles. The van der Waals surface area contributed by atoms with Gasteiger partial charge in [-0.3, -0.25) is 9.59 Å². The van der Waals surface area contributed by atoms with Crippen LogP contribution in [0.15, 0.2) is 47.6 Å². The zero-order valence-corrected chi connectivity index (χ0v) is 19.9. The first-order chi connectivity index (χ1) is 15.2. The van der Waals surface area contributed by atoms with Crippen molar-refractivity contribution in [2.75, 3.05) is 0 Å². The minimum atomic E-state index is -0.163. The summed E-state index contributed by atoms with van der Waals surface area (Å²) < 4.78 is 5.59. The molecule has 0 N–H and O–H groups in total. The quantitative estimate of drug-likeness (QED) is 0.403. The molecule has 0 bridgehead atoms. The monoisotopic (exact) mass is 432 g/mol. The van der Waals surface area contributed by atoms with Crippen LogP contribution in [0.2, 0.25) is 0 Å². The predicted octanol–water partition coefficient (Wildman–Crippen LogP) is 6.53. The van der Waals surface area contributed by atoms with E-state index in [1.807, 2.05) is 0 Å². The van der Waals surface area contributed by atoms with Crippen LogP contribution >= 0.6 is 0 Å². The summed E-state index contributed by atoms with van der Waals surface area (Å²) in [6, 6.07) is 10.6. The molecular weight excluding hydrogens is 396 g/mol. The number of ketones is 1. The maximum absolute atomic E-state index is 13.0.